The second-order valence-electron chi connectivity index (χ2n) is 6.71. The van der Waals surface area contributed by atoms with E-state index in [1.807, 2.05) is 4.90 Å². The minimum absolute atomic E-state index is 0.113. The lowest BCUT2D eigenvalue weighted by Gasteiger charge is -2.50. The molecule has 0 atom stereocenters. The van der Waals surface area contributed by atoms with Crippen LogP contribution in [0.15, 0.2) is 23.0 Å². The number of hydrogen-bond donors (Lipinski definition) is 1. The molecule has 0 aliphatic carbocycles. The normalized spacial score (nSPS) is 20.4. The summed E-state index contributed by atoms with van der Waals surface area (Å²) in [5, 5.41) is 7.12. The molecule has 1 aromatic rings. The molecule has 6 nitrogen and oxygen atoms in total. The lowest BCUT2D eigenvalue weighted by molar-refractivity contribution is -0.192. The highest BCUT2D eigenvalue weighted by molar-refractivity contribution is 5.93. The number of hydrogen-bond acceptors (Lipinski definition) is 4. The van der Waals surface area contributed by atoms with Crippen molar-refractivity contribution in [3.8, 4) is 0 Å². The first kappa shape index (κ1) is 20.3. The number of carbonyl (C=O) groups excluding carboxylic acids is 1. The Morgan fingerprint density at radius 1 is 1.15 bits per heavy atom. The van der Waals surface area contributed by atoms with Crippen LogP contribution in [-0.4, -0.2) is 65.2 Å². The molecule has 0 aromatic carbocycles. The summed E-state index contributed by atoms with van der Waals surface area (Å²) in [5.74, 6) is -2.64. The first-order valence-electron chi connectivity index (χ1n) is 8.48. The molecule has 1 aromatic heterocycles. The SMILES string of the molecule is CN1CCCCC12CCN(C(=O)c1ccoc1)CC2.O=C(O)C(F)(F)F. The molecule has 1 amide bonds. The molecule has 26 heavy (non-hydrogen) atoms. The van der Waals surface area contributed by atoms with Crippen molar-refractivity contribution >= 4 is 11.9 Å². The molecule has 2 aliphatic heterocycles. The minimum atomic E-state index is -5.08. The van der Waals surface area contributed by atoms with Gasteiger partial charge in [-0.05, 0) is 45.3 Å². The molecule has 3 heterocycles. The topological polar surface area (TPSA) is 74.0 Å². The largest absolute Gasteiger partial charge is 0.490 e. The van der Waals surface area contributed by atoms with Crippen molar-refractivity contribution in [2.24, 2.45) is 0 Å². The van der Waals surface area contributed by atoms with Crippen molar-refractivity contribution in [1.29, 1.82) is 0 Å². The van der Waals surface area contributed by atoms with Gasteiger partial charge < -0.3 is 19.3 Å². The monoisotopic (exact) mass is 376 g/mol. The molecule has 0 unspecified atom stereocenters. The number of likely N-dealkylation sites (tertiary alicyclic amines) is 2. The lowest BCUT2D eigenvalue weighted by Crippen LogP contribution is -2.56. The maximum Gasteiger partial charge on any atom is 0.490 e. The number of amides is 1. The Morgan fingerprint density at radius 3 is 2.23 bits per heavy atom. The van der Waals surface area contributed by atoms with Gasteiger partial charge in [0.2, 0.25) is 0 Å². The summed E-state index contributed by atoms with van der Waals surface area (Å²) in [6, 6.07) is 1.75. The van der Waals surface area contributed by atoms with Crippen LogP contribution in [0.25, 0.3) is 0 Å². The average Bonchev–Trinajstić information content (AvgIpc) is 3.12. The number of alkyl halides is 3. The zero-order valence-electron chi connectivity index (χ0n) is 14.6. The zero-order valence-corrected chi connectivity index (χ0v) is 14.6. The summed E-state index contributed by atoms with van der Waals surface area (Å²) >= 11 is 0. The Bertz CT molecular complexity index is 608. The van der Waals surface area contributed by atoms with E-state index < -0.39 is 12.1 Å². The molecular formula is C17H23F3N2O4. The van der Waals surface area contributed by atoms with E-state index in [4.69, 9.17) is 14.3 Å². The second-order valence-corrected chi connectivity index (χ2v) is 6.71. The molecule has 3 rings (SSSR count). The Labute approximate surface area is 149 Å². The number of nitrogens with zero attached hydrogens (tertiary/aromatic N) is 2. The molecule has 2 saturated heterocycles. The van der Waals surface area contributed by atoms with Crippen molar-refractivity contribution in [1.82, 2.24) is 9.80 Å². The predicted octanol–water partition coefficient (Wildman–Crippen LogP) is 3.00. The van der Waals surface area contributed by atoms with E-state index in [1.165, 1.54) is 25.8 Å². The van der Waals surface area contributed by atoms with Crippen LogP contribution in [0.4, 0.5) is 13.2 Å². The van der Waals surface area contributed by atoms with E-state index in [-0.39, 0.29) is 5.91 Å². The number of halogens is 3. The summed E-state index contributed by atoms with van der Waals surface area (Å²) in [7, 11) is 2.24. The first-order chi connectivity index (χ1) is 12.2. The molecule has 2 fully saturated rings. The Hall–Kier alpha value is -2.03. The molecule has 0 bridgehead atoms. The third-order valence-corrected chi connectivity index (χ3v) is 5.19. The Morgan fingerprint density at radius 2 is 1.77 bits per heavy atom. The number of carboxylic acid groups (broad SMARTS) is 1. The summed E-state index contributed by atoms with van der Waals surface area (Å²) in [6.07, 6.45) is 4.17. The smallest absolute Gasteiger partial charge is 0.475 e. The third-order valence-electron chi connectivity index (χ3n) is 5.19. The van der Waals surface area contributed by atoms with Gasteiger partial charge in [0, 0.05) is 18.6 Å². The van der Waals surface area contributed by atoms with Crippen LogP contribution in [0.2, 0.25) is 0 Å². The number of piperidine rings is 2. The molecule has 9 heteroatoms. The van der Waals surface area contributed by atoms with E-state index >= 15 is 0 Å². The molecule has 1 spiro atoms. The van der Waals surface area contributed by atoms with Gasteiger partial charge in [0.25, 0.3) is 5.91 Å². The van der Waals surface area contributed by atoms with Gasteiger partial charge in [-0.1, -0.05) is 6.42 Å². The van der Waals surface area contributed by atoms with Gasteiger partial charge in [-0.25, -0.2) is 4.79 Å². The van der Waals surface area contributed by atoms with Gasteiger partial charge in [-0.3, -0.25) is 4.79 Å². The van der Waals surface area contributed by atoms with Crippen LogP contribution in [0.1, 0.15) is 42.5 Å². The molecule has 1 N–H and O–H groups in total. The summed E-state index contributed by atoms with van der Waals surface area (Å²) in [4.78, 5) is 25.7. The number of aliphatic carboxylic acids is 1. The fourth-order valence-electron chi connectivity index (χ4n) is 3.56. The number of furan rings is 1. The second kappa shape index (κ2) is 8.11. The highest BCUT2D eigenvalue weighted by Crippen LogP contribution is 2.36. The van der Waals surface area contributed by atoms with Crippen molar-refractivity contribution < 1.29 is 32.3 Å². The van der Waals surface area contributed by atoms with Crippen LogP contribution in [0.5, 0.6) is 0 Å². The van der Waals surface area contributed by atoms with Gasteiger partial charge in [0.05, 0.1) is 11.8 Å². The third kappa shape index (κ3) is 4.78. The first-order valence-corrected chi connectivity index (χ1v) is 8.48. The van der Waals surface area contributed by atoms with Gasteiger partial charge in [0.15, 0.2) is 0 Å². The Balaban J connectivity index is 0.000000298. The zero-order chi connectivity index (χ0) is 19.4. The molecule has 0 radical (unpaired) electrons. The quantitative estimate of drug-likeness (QED) is 0.816. The van der Waals surface area contributed by atoms with Crippen molar-refractivity contribution in [3.05, 3.63) is 24.2 Å². The predicted molar refractivity (Wildman–Crippen MR) is 86.7 cm³/mol. The molecule has 2 aliphatic rings. The highest BCUT2D eigenvalue weighted by Gasteiger charge is 2.40. The van der Waals surface area contributed by atoms with E-state index in [1.54, 1.807) is 18.6 Å². The summed E-state index contributed by atoms with van der Waals surface area (Å²) in [6.45, 7) is 2.94. The summed E-state index contributed by atoms with van der Waals surface area (Å²) in [5.41, 5.74) is 1.03. The maximum absolute atomic E-state index is 12.3. The average molecular weight is 376 g/mol. The van der Waals surface area contributed by atoms with E-state index in [0.29, 0.717) is 11.1 Å². The van der Waals surface area contributed by atoms with Crippen LogP contribution in [-0.2, 0) is 4.79 Å². The van der Waals surface area contributed by atoms with Crippen molar-refractivity contribution in [2.75, 3.05) is 26.7 Å². The van der Waals surface area contributed by atoms with Crippen LogP contribution in [0.3, 0.4) is 0 Å². The van der Waals surface area contributed by atoms with Gasteiger partial charge in [0.1, 0.15) is 6.26 Å². The van der Waals surface area contributed by atoms with Crippen LogP contribution < -0.4 is 0 Å². The minimum Gasteiger partial charge on any atom is -0.475 e. The van der Waals surface area contributed by atoms with Gasteiger partial charge >= 0.3 is 12.1 Å². The van der Waals surface area contributed by atoms with Gasteiger partial charge in [-0.2, -0.15) is 13.2 Å². The van der Waals surface area contributed by atoms with Crippen molar-refractivity contribution in [3.63, 3.8) is 0 Å². The van der Waals surface area contributed by atoms with E-state index in [0.717, 1.165) is 25.9 Å². The fourth-order valence-corrected chi connectivity index (χ4v) is 3.56. The fraction of sp³-hybridized carbons (Fsp3) is 0.647. The van der Waals surface area contributed by atoms with E-state index in [2.05, 4.69) is 11.9 Å². The highest BCUT2D eigenvalue weighted by atomic mass is 19.4. The molecule has 0 saturated carbocycles. The standard InChI is InChI=1S/C15H22N2O2.C2HF3O2/c1-16-8-3-2-5-15(16)6-9-17(10-7-15)14(18)13-4-11-19-12-13;3-2(4,5)1(6)7/h4,11-12H,2-3,5-10H2,1H3;(H,6,7). The lowest BCUT2D eigenvalue weighted by atomic mass is 9.79. The Kier molecular flexibility index (Phi) is 6.33. The van der Waals surface area contributed by atoms with Crippen LogP contribution >= 0.6 is 0 Å². The maximum atomic E-state index is 12.3. The molecular weight excluding hydrogens is 353 g/mol. The summed E-state index contributed by atoms with van der Waals surface area (Å²) < 4.78 is 36.7. The van der Waals surface area contributed by atoms with Crippen molar-refractivity contribution in [2.45, 2.75) is 43.8 Å². The number of rotatable bonds is 1. The van der Waals surface area contributed by atoms with E-state index in [9.17, 15) is 18.0 Å². The number of carbonyl (C=O) groups is 2. The van der Waals surface area contributed by atoms with Gasteiger partial charge in [-0.15, -0.1) is 0 Å². The molecule has 146 valence electrons. The number of carboxylic acids is 1. The van der Waals surface area contributed by atoms with Crippen LogP contribution in [0, 0.1) is 0 Å².